The molecule has 1 saturated heterocycles. The van der Waals surface area contributed by atoms with Crippen LogP contribution in [0.2, 0.25) is 0 Å². The maximum Gasteiger partial charge on any atom is 0.408 e. The highest BCUT2D eigenvalue weighted by Crippen LogP contribution is 2.22. The molecule has 0 aromatic heterocycles. The van der Waals surface area contributed by atoms with Crippen LogP contribution in [0, 0.1) is 5.92 Å². The summed E-state index contributed by atoms with van der Waals surface area (Å²) in [7, 11) is 0. The Morgan fingerprint density at radius 1 is 1.46 bits per heavy atom. The van der Waals surface area contributed by atoms with E-state index in [9.17, 15) is 9.59 Å². The summed E-state index contributed by atoms with van der Waals surface area (Å²) in [6, 6.07) is -0.925. The van der Waals surface area contributed by atoms with Gasteiger partial charge in [-0.1, -0.05) is 0 Å². The van der Waals surface area contributed by atoms with E-state index < -0.39 is 18.1 Å². The van der Waals surface area contributed by atoms with Gasteiger partial charge in [0.1, 0.15) is 6.04 Å². The molecular weight excluding hydrogens is 176 g/mol. The Hall–Kier alpha value is -1.30. The fourth-order valence-corrected chi connectivity index (χ4v) is 1.54. The number of carbonyl (C=O) groups is 2. The predicted molar refractivity (Wildman–Crippen MR) is 43.3 cm³/mol. The average Bonchev–Trinajstić information content (AvgIpc) is 2.47. The van der Waals surface area contributed by atoms with E-state index in [2.05, 4.69) is 0 Å². The molecule has 0 saturated carbocycles. The van der Waals surface area contributed by atoms with Gasteiger partial charge in [-0.25, -0.2) is 9.59 Å². The topological polar surface area (TPSA) is 104 Å². The molecule has 1 aliphatic rings. The zero-order valence-electron chi connectivity index (χ0n) is 7.01. The number of hydrogen-bond donors (Lipinski definition) is 3. The molecule has 1 aliphatic heterocycles. The zero-order chi connectivity index (χ0) is 10.0. The van der Waals surface area contributed by atoms with Crippen molar-refractivity contribution in [1.29, 1.82) is 0 Å². The van der Waals surface area contributed by atoms with Crippen LogP contribution in [-0.2, 0) is 4.79 Å². The molecule has 1 heterocycles. The van der Waals surface area contributed by atoms with Crippen molar-refractivity contribution in [3.05, 3.63) is 0 Å². The van der Waals surface area contributed by atoms with Gasteiger partial charge in [0.05, 0.1) is 0 Å². The van der Waals surface area contributed by atoms with Crippen LogP contribution >= 0.6 is 0 Å². The number of nitrogens with two attached hydrogens (primary N) is 1. The summed E-state index contributed by atoms with van der Waals surface area (Å²) in [5.41, 5.74) is 5.35. The lowest BCUT2D eigenvalue weighted by Gasteiger charge is -2.16. The van der Waals surface area contributed by atoms with Gasteiger partial charge in [-0.05, 0) is 18.9 Å². The first-order valence-electron chi connectivity index (χ1n) is 3.98. The Morgan fingerprint density at radius 3 is 2.38 bits per heavy atom. The highest BCUT2D eigenvalue weighted by molar-refractivity contribution is 5.80. The van der Waals surface area contributed by atoms with Gasteiger partial charge in [-0.15, -0.1) is 0 Å². The molecule has 0 aliphatic carbocycles. The minimum Gasteiger partial charge on any atom is -0.480 e. The number of nitrogens with zero attached hydrogens (tertiary/aromatic N) is 1. The standard InChI is InChI=1S/C7H12N2O4/c8-2-4-1-5(6(10)11)9(3-4)7(12)13/h4-5H,1-3,8H2,(H,10,11)(H,12,13)/t4-,5+/m1/s1. The fraction of sp³-hybridized carbons (Fsp3) is 0.714. The van der Waals surface area contributed by atoms with Gasteiger partial charge < -0.3 is 15.9 Å². The Bertz CT molecular complexity index is 209. The van der Waals surface area contributed by atoms with Gasteiger partial charge in [0, 0.05) is 6.54 Å². The summed E-state index contributed by atoms with van der Waals surface area (Å²) in [6.07, 6.45) is -0.874. The molecule has 13 heavy (non-hydrogen) atoms. The SMILES string of the molecule is NC[C@H]1C[C@@H](C(=O)O)N(C(=O)O)C1. The molecule has 6 heteroatoms. The van der Waals surface area contributed by atoms with Crippen LogP contribution < -0.4 is 5.73 Å². The second kappa shape index (κ2) is 3.61. The third-order valence-electron chi connectivity index (χ3n) is 2.25. The molecule has 0 radical (unpaired) electrons. The van der Waals surface area contributed by atoms with Gasteiger partial charge in [0.2, 0.25) is 0 Å². The van der Waals surface area contributed by atoms with Crippen LogP contribution in [-0.4, -0.2) is 46.3 Å². The normalized spacial score (nSPS) is 27.6. The lowest BCUT2D eigenvalue weighted by molar-refractivity contribution is -0.141. The van der Waals surface area contributed by atoms with Crippen LogP contribution in [0.15, 0.2) is 0 Å². The molecule has 4 N–H and O–H groups in total. The molecule has 6 nitrogen and oxygen atoms in total. The van der Waals surface area contributed by atoms with E-state index >= 15 is 0 Å². The van der Waals surface area contributed by atoms with Crippen molar-refractivity contribution in [3.8, 4) is 0 Å². The van der Waals surface area contributed by atoms with Gasteiger partial charge in [0.15, 0.2) is 0 Å². The molecule has 1 fully saturated rings. The number of rotatable bonds is 2. The third-order valence-corrected chi connectivity index (χ3v) is 2.25. The second-order valence-corrected chi connectivity index (χ2v) is 3.13. The van der Waals surface area contributed by atoms with E-state index in [1.165, 1.54) is 0 Å². The number of likely N-dealkylation sites (tertiary alicyclic amines) is 1. The number of amides is 1. The Kier molecular flexibility index (Phi) is 2.72. The maximum absolute atomic E-state index is 10.6. The first kappa shape index (κ1) is 9.79. The minimum absolute atomic E-state index is 0.0304. The molecule has 0 spiro atoms. The van der Waals surface area contributed by atoms with Crippen molar-refractivity contribution in [2.24, 2.45) is 11.7 Å². The highest BCUT2D eigenvalue weighted by Gasteiger charge is 2.38. The average molecular weight is 188 g/mol. The molecule has 0 aromatic rings. The summed E-state index contributed by atoms with van der Waals surface area (Å²) in [6.45, 7) is 0.552. The molecule has 0 unspecified atom stereocenters. The van der Waals surface area contributed by atoms with Crippen molar-refractivity contribution >= 4 is 12.1 Å². The van der Waals surface area contributed by atoms with Gasteiger partial charge >= 0.3 is 12.1 Å². The Balaban J connectivity index is 2.71. The van der Waals surface area contributed by atoms with Crippen LogP contribution in [0.1, 0.15) is 6.42 Å². The first-order valence-corrected chi connectivity index (χ1v) is 3.98. The lowest BCUT2D eigenvalue weighted by atomic mass is 10.1. The molecule has 1 rings (SSSR count). The van der Waals surface area contributed by atoms with Crippen molar-refractivity contribution in [2.75, 3.05) is 13.1 Å². The predicted octanol–water partition coefficient (Wildman–Crippen LogP) is -0.602. The van der Waals surface area contributed by atoms with Gasteiger partial charge in [0.25, 0.3) is 0 Å². The smallest absolute Gasteiger partial charge is 0.408 e. The van der Waals surface area contributed by atoms with E-state index in [0.717, 1.165) is 4.90 Å². The van der Waals surface area contributed by atoms with E-state index in [-0.39, 0.29) is 12.5 Å². The van der Waals surface area contributed by atoms with E-state index in [1.54, 1.807) is 0 Å². The quantitative estimate of drug-likeness (QED) is 0.536. The Morgan fingerprint density at radius 2 is 2.08 bits per heavy atom. The largest absolute Gasteiger partial charge is 0.480 e. The van der Waals surface area contributed by atoms with E-state index in [0.29, 0.717) is 13.0 Å². The Labute approximate surface area is 74.9 Å². The third kappa shape index (κ3) is 1.89. The molecule has 0 bridgehead atoms. The van der Waals surface area contributed by atoms with Crippen LogP contribution in [0.25, 0.3) is 0 Å². The summed E-state index contributed by atoms with van der Waals surface area (Å²) >= 11 is 0. The van der Waals surface area contributed by atoms with Crippen LogP contribution in [0.5, 0.6) is 0 Å². The van der Waals surface area contributed by atoms with Crippen molar-refractivity contribution in [1.82, 2.24) is 4.90 Å². The van der Waals surface area contributed by atoms with Crippen molar-refractivity contribution < 1.29 is 19.8 Å². The summed E-state index contributed by atoms with van der Waals surface area (Å²) in [4.78, 5) is 22.2. The van der Waals surface area contributed by atoms with Crippen molar-refractivity contribution in [3.63, 3.8) is 0 Å². The summed E-state index contributed by atoms with van der Waals surface area (Å²) in [5.74, 6) is -1.13. The molecular formula is C7H12N2O4. The molecule has 0 aromatic carbocycles. The fourth-order valence-electron chi connectivity index (χ4n) is 1.54. The van der Waals surface area contributed by atoms with Gasteiger partial charge in [-0.2, -0.15) is 0 Å². The highest BCUT2D eigenvalue weighted by atomic mass is 16.4. The number of carboxylic acids is 1. The summed E-state index contributed by atoms with van der Waals surface area (Å²) < 4.78 is 0. The number of hydrogen-bond acceptors (Lipinski definition) is 3. The van der Waals surface area contributed by atoms with Crippen LogP contribution in [0.3, 0.4) is 0 Å². The molecule has 74 valence electrons. The van der Waals surface area contributed by atoms with E-state index in [4.69, 9.17) is 15.9 Å². The second-order valence-electron chi connectivity index (χ2n) is 3.13. The summed E-state index contributed by atoms with van der Waals surface area (Å²) in [5, 5.41) is 17.4. The zero-order valence-corrected chi connectivity index (χ0v) is 7.01. The first-order chi connectivity index (χ1) is 6.06. The lowest BCUT2D eigenvalue weighted by Crippen LogP contribution is -2.39. The minimum atomic E-state index is -1.19. The molecule has 2 atom stereocenters. The number of carboxylic acid groups (broad SMARTS) is 2. The van der Waals surface area contributed by atoms with Crippen molar-refractivity contribution in [2.45, 2.75) is 12.5 Å². The monoisotopic (exact) mass is 188 g/mol. The van der Waals surface area contributed by atoms with Crippen LogP contribution in [0.4, 0.5) is 4.79 Å². The van der Waals surface area contributed by atoms with E-state index in [1.807, 2.05) is 0 Å². The maximum atomic E-state index is 10.6. The number of aliphatic carboxylic acids is 1. The van der Waals surface area contributed by atoms with Gasteiger partial charge in [-0.3, -0.25) is 4.90 Å². The molecule has 1 amide bonds.